The second-order valence-corrected chi connectivity index (χ2v) is 5.38. The minimum Gasteiger partial charge on any atom is -0.504 e. The van der Waals surface area contributed by atoms with Crippen LogP contribution < -0.4 is 10.5 Å². The third kappa shape index (κ3) is 2.23. The highest BCUT2D eigenvalue weighted by molar-refractivity contribution is 5.80. The van der Waals surface area contributed by atoms with E-state index in [1.165, 1.54) is 7.11 Å². The van der Waals surface area contributed by atoms with E-state index in [4.69, 9.17) is 10.5 Å². The number of anilines is 1. The molecule has 0 saturated heterocycles. The molecule has 5 nitrogen and oxygen atoms in total. The number of phenolic OH excluding ortho intramolecular Hbond substituents is 1. The minimum atomic E-state index is 0.0452. The molecule has 1 heterocycles. The Hall–Kier alpha value is -2.74. The first kappa shape index (κ1) is 14.2. The average Bonchev–Trinajstić information content (AvgIpc) is 2.53. The molecule has 1 aliphatic carbocycles. The molecule has 2 aromatic rings. The number of ether oxygens (including phenoxy) is 1. The maximum Gasteiger partial charge on any atom is 0.160 e. The number of nitrogens with zero attached hydrogens (tertiary/aromatic N) is 2. The van der Waals surface area contributed by atoms with Gasteiger partial charge in [0, 0.05) is 11.3 Å². The lowest BCUT2D eigenvalue weighted by molar-refractivity contribution is 0.373. The molecule has 3 rings (SSSR count). The first-order valence-corrected chi connectivity index (χ1v) is 7.24. The largest absolute Gasteiger partial charge is 0.504 e. The van der Waals surface area contributed by atoms with Crippen molar-refractivity contribution >= 4 is 5.82 Å². The van der Waals surface area contributed by atoms with Crippen molar-refractivity contribution in [2.75, 3.05) is 12.8 Å². The molecular formula is C17H17N3O2. The number of hydrogen-bond acceptors (Lipinski definition) is 5. The van der Waals surface area contributed by atoms with Crippen molar-refractivity contribution in [1.82, 2.24) is 4.98 Å². The average molecular weight is 295 g/mol. The maximum atomic E-state index is 10.0. The van der Waals surface area contributed by atoms with Gasteiger partial charge in [-0.3, -0.25) is 0 Å². The van der Waals surface area contributed by atoms with Crippen LogP contribution in [0.4, 0.5) is 5.82 Å². The number of nitriles is 1. The van der Waals surface area contributed by atoms with Crippen LogP contribution in [0.5, 0.6) is 11.5 Å². The number of aromatic hydroxyl groups is 1. The summed E-state index contributed by atoms with van der Waals surface area (Å²) < 4.78 is 5.08. The van der Waals surface area contributed by atoms with Crippen molar-refractivity contribution in [2.24, 2.45) is 0 Å². The smallest absolute Gasteiger partial charge is 0.160 e. The van der Waals surface area contributed by atoms with Crippen molar-refractivity contribution in [3.63, 3.8) is 0 Å². The summed E-state index contributed by atoms with van der Waals surface area (Å²) in [5.74, 6) is 0.704. The Balaban J connectivity index is 2.27. The van der Waals surface area contributed by atoms with Gasteiger partial charge in [0.1, 0.15) is 17.5 Å². The van der Waals surface area contributed by atoms with E-state index in [1.807, 2.05) is 6.07 Å². The fraction of sp³-hybridized carbons (Fsp3) is 0.294. The second kappa shape index (κ2) is 5.57. The van der Waals surface area contributed by atoms with Gasteiger partial charge in [-0.1, -0.05) is 6.07 Å². The van der Waals surface area contributed by atoms with E-state index in [2.05, 4.69) is 11.1 Å². The topological polar surface area (TPSA) is 92.2 Å². The highest BCUT2D eigenvalue weighted by Gasteiger charge is 2.22. The zero-order valence-electron chi connectivity index (χ0n) is 12.4. The summed E-state index contributed by atoms with van der Waals surface area (Å²) in [7, 11) is 1.50. The van der Waals surface area contributed by atoms with Gasteiger partial charge in [-0.15, -0.1) is 0 Å². The zero-order valence-corrected chi connectivity index (χ0v) is 12.4. The normalized spacial score (nSPS) is 13.3. The summed E-state index contributed by atoms with van der Waals surface area (Å²) in [5, 5.41) is 19.5. The Morgan fingerprint density at radius 2 is 2.09 bits per heavy atom. The number of pyridine rings is 1. The van der Waals surface area contributed by atoms with Crippen LogP contribution in [0.3, 0.4) is 0 Å². The van der Waals surface area contributed by atoms with E-state index >= 15 is 0 Å². The molecule has 1 aliphatic rings. The van der Waals surface area contributed by atoms with E-state index in [9.17, 15) is 10.4 Å². The van der Waals surface area contributed by atoms with E-state index < -0.39 is 0 Å². The standard InChI is InChI=1S/C17H17N3O2/c1-22-15-7-6-10(8-14(15)21)16-11-4-2-3-5-13(11)20-17(19)12(16)9-18/h6-8,21H,2-5H2,1H3,(H2,19,20). The molecule has 0 fully saturated rings. The molecule has 0 aliphatic heterocycles. The summed E-state index contributed by atoms with van der Waals surface area (Å²) in [6, 6.07) is 7.30. The van der Waals surface area contributed by atoms with Crippen molar-refractivity contribution < 1.29 is 9.84 Å². The second-order valence-electron chi connectivity index (χ2n) is 5.38. The van der Waals surface area contributed by atoms with Gasteiger partial charge < -0.3 is 15.6 Å². The number of aryl methyl sites for hydroxylation is 1. The molecule has 0 bridgehead atoms. The minimum absolute atomic E-state index is 0.0452. The Morgan fingerprint density at radius 3 is 2.77 bits per heavy atom. The molecule has 0 unspecified atom stereocenters. The number of rotatable bonds is 2. The van der Waals surface area contributed by atoms with Gasteiger partial charge >= 0.3 is 0 Å². The lowest BCUT2D eigenvalue weighted by Gasteiger charge is -2.21. The lowest BCUT2D eigenvalue weighted by Crippen LogP contribution is -2.11. The van der Waals surface area contributed by atoms with Gasteiger partial charge in [0.15, 0.2) is 11.5 Å². The van der Waals surface area contributed by atoms with Crippen molar-refractivity contribution in [2.45, 2.75) is 25.7 Å². The Labute approximate surface area is 129 Å². The summed E-state index contributed by atoms with van der Waals surface area (Å²) in [6.45, 7) is 0. The summed E-state index contributed by atoms with van der Waals surface area (Å²) in [4.78, 5) is 4.39. The highest BCUT2D eigenvalue weighted by atomic mass is 16.5. The number of nitrogens with two attached hydrogens (primary N) is 1. The van der Waals surface area contributed by atoms with Crippen LogP contribution in [0.1, 0.15) is 29.7 Å². The van der Waals surface area contributed by atoms with Crippen LogP contribution in [0.2, 0.25) is 0 Å². The molecule has 0 saturated carbocycles. The molecule has 0 spiro atoms. The van der Waals surface area contributed by atoms with E-state index in [0.29, 0.717) is 11.3 Å². The van der Waals surface area contributed by atoms with Gasteiger partial charge in [0.25, 0.3) is 0 Å². The number of aromatic nitrogens is 1. The van der Waals surface area contributed by atoms with Gasteiger partial charge in [-0.05, 0) is 48.9 Å². The fourth-order valence-corrected chi connectivity index (χ4v) is 3.04. The summed E-state index contributed by atoms with van der Waals surface area (Å²) in [5.41, 5.74) is 9.94. The SMILES string of the molecule is COc1ccc(-c2c(C#N)c(N)nc3c2CCCC3)cc1O. The molecule has 22 heavy (non-hydrogen) atoms. The van der Waals surface area contributed by atoms with E-state index in [1.54, 1.807) is 12.1 Å². The van der Waals surface area contributed by atoms with Gasteiger partial charge in [0.05, 0.1) is 7.11 Å². The number of fused-ring (bicyclic) bond motifs is 1. The van der Waals surface area contributed by atoms with Crippen LogP contribution in [0.15, 0.2) is 18.2 Å². The van der Waals surface area contributed by atoms with Gasteiger partial charge in [0.2, 0.25) is 0 Å². The van der Waals surface area contributed by atoms with Crippen molar-refractivity contribution in [1.29, 1.82) is 5.26 Å². The fourth-order valence-electron chi connectivity index (χ4n) is 3.04. The summed E-state index contributed by atoms with van der Waals surface area (Å²) >= 11 is 0. The third-order valence-electron chi connectivity index (χ3n) is 4.08. The number of phenols is 1. The Bertz CT molecular complexity index is 778. The molecule has 5 heteroatoms. The highest BCUT2D eigenvalue weighted by Crippen LogP contribution is 2.38. The molecule has 0 amide bonds. The monoisotopic (exact) mass is 295 g/mol. The molecule has 3 N–H and O–H groups in total. The quantitative estimate of drug-likeness (QED) is 0.888. The van der Waals surface area contributed by atoms with Crippen LogP contribution in [0, 0.1) is 11.3 Å². The Morgan fingerprint density at radius 1 is 1.32 bits per heavy atom. The van der Waals surface area contributed by atoms with Crippen molar-refractivity contribution in [3.8, 4) is 28.7 Å². The third-order valence-corrected chi connectivity index (χ3v) is 4.08. The molecule has 112 valence electrons. The predicted octanol–water partition coefficient (Wildman–Crippen LogP) is 2.80. The molecule has 1 aromatic carbocycles. The first-order chi connectivity index (χ1) is 10.7. The van der Waals surface area contributed by atoms with E-state index in [0.717, 1.165) is 48.1 Å². The molecule has 1 aromatic heterocycles. The van der Waals surface area contributed by atoms with E-state index in [-0.39, 0.29) is 11.6 Å². The summed E-state index contributed by atoms with van der Waals surface area (Å²) in [6.07, 6.45) is 3.90. The maximum absolute atomic E-state index is 10.0. The number of benzene rings is 1. The van der Waals surface area contributed by atoms with Gasteiger partial charge in [-0.2, -0.15) is 5.26 Å². The number of hydrogen-bond donors (Lipinski definition) is 2. The van der Waals surface area contributed by atoms with Gasteiger partial charge in [-0.25, -0.2) is 4.98 Å². The first-order valence-electron chi connectivity index (χ1n) is 7.24. The van der Waals surface area contributed by atoms with Crippen LogP contribution in [0.25, 0.3) is 11.1 Å². The zero-order chi connectivity index (χ0) is 15.7. The predicted molar refractivity (Wildman–Crippen MR) is 83.7 cm³/mol. The van der Waals surface area contributed by atoms with Crippen molar-refractivity contribution in [3.05, 3.63) is 35.0 Å². The van der Waals surface area contributed by atoms with Crippen LogP contribution >= 0.6 is 0 Å². The number of methoxy groups -OCH3 is 1. The molecular weight excluding hydrogens is 278 g/mol. The van der Waals surface area contributed by atoms with Crippen LogP contribution in [-0.4, -0.2) is 17.2 Å². The number of nitrogen functional groups attached to an aromatic ring is 1. The lowest BCUT2D eigenvalue weighted by atomic mass is 9.86. The Kier molecular flexibility index (Phi) is 3.60. The van der Waals surface area contributed by atoms with Crippen LogP contribution in [-0.2, 0) is 12.8 Å². The molecule has 0 atom stereocenters. The molecule has 0 radical (unpaired) electrons.